The molecule has 0 aliphatic heterocycles. The Morgan fingerprint density at radius 1 is 0.962 bits per heavy atom. The van der Waals surface area contributed by atoms with Gasteiger partial charge in [0, 0.05) is 21.5 Å². The van der Waals surface area contributed by atoms with Crippen molar-refractivity contribution in [3.8, 4) is 0 Å². The number of benzene rings is 2. The van der Waals surface area contributed by atoms with Crippen LogP contribution >= 0.6 is 27.7 Å². The fourth-order valence-corrected chi connectivity index (χ4v) is 3.30. The lowest BCUT2D eigenvalue weighted by Gasteiger charge is -2.17. The third-order valence-electron chi connectivity index (χ3n) is 3.35. The predicted octanol–water partition coefficient (Wildman–Crippen LogP) is 5.55. The lowest BCUT2D eigenvalue weighted by molar-refractivity contribution is -0.118. The molecule has 0 spiro atoms. The van der Waals surface area contributed by atoms with Crippen LogP contribution < -0.4 is 10.6 Å². The number of amides is 2. The maximum Gasteiger partial charge on any atom is 0.234 e. The van der Waals surface area contributed by atoms with Gasteiger partial charge in [-0.1, -0.05) is 32.9 Å². The van der Waals surface area contributed by atoms with Crippen molar-refractivity contribution >= 4 is 50.9 Å². The van der Waals surface area contributed by atoms with Crippen LogP contribution in [0.2, 0.25) is 0 Å². The zero-order chi connectivity index (χ0) is 19.2. The van der Waals surface area contributed by atoms with Gasteiger partial charge >= 0.3 is 0 Å². The fourth-order valence-electron chi connectivity index (χ4n) is 2.22. The van der Waals surface area contributed by atoms with Crippen LogP contribution in [0.15, 0.2) is 57.9 Å². The smallest absolute Gasteiger partial charge is 0.234 e. The first-order valence-corrected chi connectivity index (χ1v) is 10.1. The van der Waals surface area contributed by atoms with Crippen molar-refractivity contribution in [2.45, 2.75) is 32.1 Å². The summed E-state index contributed by atoms with van der Waals surface area (Å²) in [5, 5.41) is 5.77. The second-order valence-electron chi connectivity index (χ2n) is 7.13. The van der Waals surface area contributed by atoms with E-state index in [0.29, 0.717) is 12.2 Å². The maximum absolute atomic E-state index is 12.1. The molecule has 26 heavy (non-hydrogen) atoms. The van der Waals surface area contributed by atoms with E-state index < -0.39 is 0 Å². The van der Waals surface area contributed by atoms with Crippen molar-refractivity contribution in [3.05, 3.63) is 53.0 Å². The van der Waals surface area contributed by atoms with Gasteiger partial charge in [0.25, 0.3) is 0 Å². The highest BCUT2D eigenvalue weighted by Crippen LogP contribution is 2.24. The summed E-state index contributed by atoms with van der Waals surface area (Å²) >= 11 is 4.86. The number of anilines is 2. The largest absolute Gasteiger partial charge is 0.326 e. The first-order chi connectivity index (χ1) is 12.2. The van der Waals surface area contributed by atoms with Gasteiger partial charge in [0.05, 0.1) is 11.4 Å². The first kappa shape index (κ1) is 20.5. The molecule has 0 heterocycles. The molecule has 0 aromatic heterocycles. The van der Waals surface area contributed by atoms with Crippen LogP contribution in [0.1, 0.15) is 27.2 Å². The first-order valence-electron chi connectivity index (χ1n) is 8.30. The Morgan fingerprint density at radius 3 is 2.23 bits per heavy atom. The molecular weight excluding hydrogens is 412 g/mol. The van der Waals surface area contributed by atoms with E-state index in [4.69, 9.17) is 0 Å². The lowest BCUT2D eigenvalue weighted by atomic mass is 9.92. The molecule has 2 aromatic rings. The van der Waals surface area contributed by atoms with Crippen molar-refractivity contribution < 1.29 is 9.59 Å². The topological polar surface area (TPSA) is 58.2 Å². The molecule has 0 aliphatic rings. The molecule has 2 rings (SSSR count). The second-order valence-corrected chi connectivity index (χ2v) is 9.03. The minimum absolute atomic E-state index is 0.00530. The Labute approximate surface area is 167 Å². The van der Waals surface area contributed by atoms with Gasteiger partial charge in [-0.2, -0.15) is 0 Å². The zero-order valence-corrected chi connectivity index (χ0v) is 17.5. The third-order valence-corrected chi connectivity index (χ3v) is 5.05. The van der Waals surface area contributed by atoms with Gasteiger partial charge in [0.2, 0.25) is 11.8 Å². The van der Waals surface area contributed by atoms with Crippen molar-refractivity contribution in [1.29, 1.82) is 0 Å². The molecule has 0 saturated carbocycles. The Morgan fingerprint density at radius 2 is 1.62 bits per heavy atom. The van der Waals surface area contributed by atoms with Crippen molar-refractivity contribution in [1.82, 2.24) is 0 Å². The molecule has 4 nitrogen and oxygen atoms in total. The summed E-state index contributed by atoms with van der Waals surface area (Å²) in [5.41, 5.74) is 1.48. The van der Waals surface area contributed by atoms with Gasteiger partial charge in [-0.25, -0.2) is 0 Å². The van der Waals surface area contributed by atoms with Crippen LogP contribution in [0.5, 0.6) is 0 Å². The molecular formula is C20H23BrN2O2S. The predicted molar refractivity (Wildman–Crippen MR) is 113 cm³/mol. The third kappa shape index (κ3) is 7.22. The van der Waals surface area contributed by atoms with Gasteiger partial charge in [-0.3, -0.25) is 9.59 Å². The van der Waals surface area contributed by atoms with Crippen LogP contribution in [-0.2, 0) is 9.59 Å². The normalized spacial score (nSPS) is 11.1. The highest BCUT2D eigenvalue weighted by atomic mass is 79.9. The van der Waals surface area contributed by atoms with Crippen LogP contribution in [0, 0.1) is 5.41 Å². The molecule has 6 heteroatoms. The summed E-state index contributed by atoms with van der Waals surface area (Å²) in [6.45, 7) is 6.10. The SMILES string of the molecule is CC(C)(C)CC(=O)Nc1ccc(SCC(=O)Nc2ccccc2Br)cc1. The van der Waals surface area contributed by atoms with Gasteiger partial charge in [0.15, 0.2) is 0 Å². The van der Waals surface area contributed by atoms with E-state index in [-0.39, 0.29) is 17.2 Å². The average Bonchev–Trinajstić information content (AvgIpc) is 2.54. The van der Waals surface area contributed by atoms with E-state index in [1.807, 2.05) is 69.3 Å². The summed E-state index contributed by atoms with van der Waals surface area (Å²) in [4.78, 5) is 25.0. The number of nitrogens with one attached hydrogen (secondary N) is 2. The van der Waals surface area contributed by atoms with Crippen LogP contribution in [0.3, 0.4) is 0 Å². The molecule has 0 bridgehead atoms. The second kappa shape index (κ2) is 9.24. The van der Waals surface area contributed by atoms with Gasteiger partial charge in [-0.15, -0.1) is 11.8 Å². The molecule has 0 aliphatic carbocycles. The number of hydrogen-bond acceptors (Lipinski definition) is 3. The van der Waals surface area contributed by atoms with Crippen LogP contribution in [0.4, 0.5) is 11.4 Å². The Balaban J connectivity index is 1.82. The molecule has 0 fully saturated rings. The zero-order valence-electron chi connectivity index (χ0n) is 15.1. The fraction of sp³-hybridized carbons (Fsp3) is 0.300. The van der Waals surface area contributed by atoms with Crippen LogP contribution in [0.25, 0.3) is 0 Å². The molecule has 138 valence electrons. The van der Waals surface area contributed by atoms with E-state index in [0.717, 1.165) is 20.7 Å². The number of halogens is 1. The monoisotopic (exact) mass is 434 g/mol. The summed E-state index contributed by atoms with van der Waals surface area (Å²) in [5.74, 6) is 0.257. The Bertz CT molecular complexity index is 770. The van der Waals surface area contributed by atoms with E-state index in [9.17, 15) is 9.59 Å². The summed E-state index contributed by atoms with van der Waals surface area (Å²) in [6.07, 6.45) is 0.471. The number of carbonyl (C=O) groups excluding carboxylic acids is 2. The van der Waals surface area contributed by atoms with E-state index in [2.05, 4.69) is 26.6 Å². The standard InChI is InChI=1S/C20H23BrN2O2S/c1-20(2,3)12-18(24)22-14-8-10-15(11-9-14)26-13-19(25)23-17-7-5-4-6-16(17)21/h4-11H,12-13H2,1-3H3,(H,22,24)(H,23,25). The minimum Gasteiger partial charge on any atom is -0.326 e. The maximum atomic E-state index is 12.1. The van der Waals surface area contributed by atoms with Gasteiger partial charge in [0.1, 0.15) is 0 Å². The molecule has 2 aromatic carbocycles. The van der Waals surface area contributed by atoms with Gasteiger partial charge in [-0.05, 0) is 57.7 Å². The number of para-hydroxylation sites is 1. The quantitative estimate of drug-likeness (QED) is 0.585. The summed E-state index contributed by atoms with van der Waals surface area (Å²) < 4.78 is 0.855. The van der Waals surface area contributed by atoms with Crippen molar-refractivity contribution in [3.63, 3.8) is 0 Å². The number of thioether (sulfide) groups is 1. The van der Waals surface area contributed by atoms with Gasteiger partial charge < -0.3 is 10.6 Å². The Hall–Kier alpha value is -1.79. The number of carbonyl (C=O) groups is 2. The number of hydrogen-bond donors (Lipinski definition) is 2. The van der Waals surface area contributed by atoms with E-state index in [1.165, 1.54) is 11.8 Å². The molecule has 2 N–H and O–H groups in total. The average molecular weight is 435 g/mol. The highest BCUT2D eigenvalue weighted by molar-refractivity contribution is 9.10. The molecule has 0 radical (unpaired) electrons. The summed E-state index contributed by atoms with van der Waals surface area (Å²) in [7, 11) is 0. The van der Waals surface area contributed by atoms with E-state index in [1.54, 1.807) is 0 Å². The molecule has 0 atom stereocenters. The lowest BCUT2D eigenvalue weighted by Crippen LogP contribution is -2.19. The number of rotatable bonds is 6. The minimum atomic E-state index is -0.0653. The molecule has 0 saturated heterocycles. The van der Waals surface area contributed by atoms with Crippen molar-refractivity contribution in [2.24, 2.45) is 5.41 Å². The van der Waals surface area contributed by atoms with Crippen LogP contribution in [-0.4, -0.2) is 17.6 Å². The Kier molecular flexibility index (Phi) is 7.29. The molecule has 2 amide bonds. The molecule has 0 unspecified atom stereocenters. The summed E-state index contributed by atoms with van der Waals surface area (Å²) in [6, 6.07) is 15.0. The van der Waals surface area contributed by atoms with Crippen molar-refractivity contribution in [2.75, 3.05) is 16.4 Å². The van der Waals surface area contributed by atoms with E-state index >= 15 is 0 Å². The highest BCUT2D eigenvalue weighted by Gasteiger charge is 2.15.